The second-order valence-corrected chi connectivity index (χ2v) is 16.6. The van der Waals surface area contributed by atoms with Gasteiger partial charge in [-0.05, 0) is 69.4 Å². The molecule has 3 fully saturated rings. The van der Waals surface area contributed by atoms with Gasteiger partial charge in [-0.3, -0.25) is 19.1 Å². The van der Waals surface area contributed by atoms with Crippen LogP contribution in [0, 0.1) is 17.8 Å². The smallest absolute Gasteiger partial charge is 0.405 e. The first kappa shape index (κ1) is 35.4. The highest BCUT2D eigenvalue weighted by atomic mass is 32.2. The van der Waals surface area contributed by atoms with Crippen LogP contribution in [0.25, 0.3) is 10.8 Å². The molecule has 0 bridgehead atoms. The number of ether oxygens (including phenoxy) is 2. The van der Waals surface area contributed by atoms with Crippen molar-refractivity contribution in [3.63, 3.8) is 0 Å². The van der Waals surface area contributed by atoms with Crippen molar-refractivity contribution < 1.29 is 42.2 Å². The number of carbonyl (C=O) groups excluding carboxylic acids is 3. The summed E-state index contributed by atoms with van der Waals surface area (Å²) >= 11 is 0. The third kappa shape index (κ3) is 6.81. The first-order valence-corrected chi connectivity index (χ1v) is 18.5. The fourth-order valence-corrected chi connectivity index (χ4v) is 8.49. The Labute approximate surface area is 290 Å². The lowest BCUT2D eigenvalue weighted by Crippen LogP contribution is -2.59. The Morgan fingerprint density at radius 1 is 1.08 bits per heavy atom. The molecule has 270 valence electrons. The average Bonchev–Trinajstić information content (AvgIpc) is 3.95. The summed E-state index contributed by atoms with van der Waals surface area (Å²) in [6.07, 6.45) is 4.55. The molecule has 0 spiro atoms. The Bertz CT molecular complexity index is 1830. The number of rotatable bonds is 7. The summed E-state index contributed by atoms with van der Waals surface area (Å²) in [5.74, 6) is -2.42. The summed E-state index contributed by atoms with van der Waals surface area (Å²) in [5, 5.41) is 24.5. The van der Waals surface area contributed by atoms with Crippen molar-refractivity contribution in [2.75, 3.05) is 13.7 Å². The fourth-order valence-electron chi connectivity index (χ4n) is 7.18. The zero-order chi connectivity index (χ0) is 36.0. The Kier molecular flexibility index (Phi) is 9.43. The largest absolute Gasteiger partial charge is 0.479 e. The third-order valence-electron chi connectivity index (χ3n) is 10.6. The number of hydrogen-bond acceptors (Lipinski definition) is 10. The van der Waals surface area contributed by atoms with E-state index in [0.717, 1.165) is 6.42 Å². The molecule has 4 amide bonds. The highest BCUT2D eigenvalue weighted by molar-refractivity contribution is 7.91. The average molecular weight is 713 g/mol. The van der Waals surface area contributed by atoms with Gasteiger partial charge < -0.3 is 30.1 Å². The van der Waals surface area contributed by atoms with Crippen LogP contribution in [0.5, 0.6) is 11.8 Å². The van der Waals surface area contributed by atoms with E-state index in [1.807, 2.05) is 25.1 Å². The molecule has 2 aromatic rings. The van der Waals surface area contributed by atoms with E-state index in [1.54, 1.807) is 32.0 Å². The van der Waals surface area contributed by atoms with Gasteiger partial charge in [0.15, 0.2) is 0 Å². The lowest BCUT2D eigenvalue weighted by Gasteiger charge is -2.32. The minimum Gasteiger partial charge on any atom is -0.479 e. The maximum atomic E-state index is 14.3. The summed E-state index contributed by atoms with van der Waals surface area (Å²) in [6, 6.07) is 4.84. The maximum Gasteiger partial charge on any atom is 0.405 e. The van der Waals surface area contributed by atoms with Crippen LogP contribution in [0.15, 0.2) is 36.4 Å². The van der Waals surface area contributed by atoms with E-state index in [9.17, 15) is 32.7 Å². The molecule has 0 radical (unpaired) electrons. The van der Waals surface area contributed by atoms with Crippen LogP contribution >= 0.6 is 0 Å². The van der Waals surface area contributed by atoms with E-state index in [1.165, 1.54) is 12.0 Å². The topological polar surface area (TPSA) is 206 Å². The van der Waals surface area contributed by atoms with Crippen molar-refractivity contribution >= 4 is 44.6 Å². The van der Waals surface area contributed by atoms with Gasteiger partial charge in [-0.1, -0.05) is 38.1 Å². The van der Waals surface area contributed by atoms with Crippen LogP contribution in [-0.2, 0) is 24.4 Å². The van der Waals surface area contributed by atoms with E-state index in [2.05, 4.69) is 25.6 Å². The van der Waals surface area contributed by atoms with Crippen LogP contribution < -0.4 is 24.8 Å². The van der Waals surface area contributed by atoms with Crippen molar-refractivity contribution in [2.45, 2.75) is 94.2 Å². The molecular weight excluding hydrogens is 668 g/mol. The summed E-state index contributed by atoms with van der Waals surface area (Å²) in [6.45, 7) is 5.31. The molecule has 1 aromatic heterocycles. The predicted molar refractivity (Wildman–Crippen MR) is 181 cm³/mol. The summed E-state index contributed by atoms with van der Waals surface area (Å²) < 4.78 is 39.0. The van der Waals surface area contributed by atoms with Crippen LogP contribution in [0.1, 0.15) is 65.7 Å². The summed E-state index contributed by atoms with van der Waals surface area (Å²) in [4.78, 5) is 55.6. The molecule has 7 atom stereocenters. The normalized spacial score (nSPS) is 31.6. The number of nitrogens with zero attached hydrogens (tertiary/aromatic N) is 3. The van der Waals surface area contributed by atoms with Crippen molar-refractivity contribution in [3.8, 4) is 11.8 Å². The molecule has 4 N–H and O–H groups in total. The van der Waals surface area contributed by atoms with Crippen LogP contribution in [0.2, 0.25) is 0 Å². The van der Waals surface area contributed by atoms with Gasteiger partial charge in [0.05, 0.1) is 29.2 Å². The molecule has 15 nitrogen and oxygen atoms in total. The number of amides is 4. The van der Waals surface area contributed by atoms with Gasteiger partial charge in [-0.25, -0.2) is 13.2 Å². The first-order chi connectivity index (χ1) is 23.7. The monoisotopic (exact) mass is 712 g/mol. The molecule has 1 saturated heterocycles. The number of methoxy groups -OCH3 is 1. The number of carbonyl (C=O) groups is 4. The first-order valence-electron chi connectivity index (χ1n) is 17.0. The van der Waals surface area contributed by atoms with Gasteiger partial charge in [-0.2, -0.15) is 0 Å². The van der Waals surface area contributed by atoms with E-state index in [0.29, 0.717) is 42.3 Å². The standard InChI is InChI=1S/C34H44N6O9S/c1-19-9-5-6-10-21-17-34(21,31(43)39-50(46,47)33(3)13-14-33)36-27(41)25-16-22(18-40(25)30(42)26(20(2)15-19)35-32(44)45)49-29-24-12-8-7-11-23(24)28(48-4)37-38-29/h6-8,10-12,19-22,25-26,35H,5,9,13-18H2,1-4H3,(H,36,41)(H,39,43)(H,44,45)/b10-6-/t19-,20-,21-,22-,25+,26+,34-/m1/s1. The number of sulfonamides is 1. The summed E-state index contributed by atoms with van der Waals surface area (Å²) in [5.41, 5.74) is -1.55. The van der Waals surface area contributed by atoms with Gasteiger partial charge >= 0.3 is 6.09 Å². The molecule has 2 aliphatic heterocycles. The number of nitrogens with one attached hydrogen (secondary N) is 3. The van der Waals surface area contributed by atoms with Gasteiger partial charge in [0, 0.05) is 12.3 Å². The number of aromatic nitrogens is 2. The van der Waals surface area contributed by atoms with Crippen LogP contribution in [0.4, 0.5) is 4.79 Å². The Morgan fingerprint density at radius 3 is 2.42 bits per heavy atom. The zero-order valence-electron chi connectivity index (χ0n) is 28.5. The van der Waals surface area contributed by atoms with Crippen molar-refractivity contribution in [2.24, 2.45) is 17.8 Å². The molecule has 16 heteroatoms. The van der Waals surface area contributed by atoms with Crippen LogP contribution in [0.3, 0.4) is 0 Å². The second-order valence-electron chi connectivity index (χ2n) is 14.4. The molecular formula is C34H44N6O9S. The minimum absolute atomic E-state index is 0.0151. The molecule has 2 aliphatic carbocycles. The SMILES string of the molecule is COc1nnc(O[C@@H]2C[C@H]3C(=O)N[C@]4(C(=O)NS(=O)(=O)C5(C)CC5)C[C@H]4/C=C\CC[C@@H](C)C[C@@H](C)[C@H](NC(=O)O)C(=O)N3C2)c2ccccc12. The number of carboxylic acid groups (broad SMARTS) is 1. The van der Waals surface area contributed by atoms with E-state index < -0.39 is 74.1 Å². The highest BCUT2D eigenvalue weighted by Crippen LogP contribution is 2.47. The molecule has 0 unspecified atom stereocenters. The lowest BCUT2D eigenvalue weighted by molar-refractivity contribution is -0.142. The van der Waals surface area contributed by atoms with Gasteiger partial charge in [0.1, 0.15) is 23.7 Å². The minimum atomic E-state index is -4.00. The Balaban J connectivity index is 1.34. The van der Waals surface area contributed by atoms with E-state index in [4.69, 9.17) is 9.47 Å². The highest BCUT2D eigenvalue weighted by Gasteiger charge is 2.63. The summed E-state index contributed by atoms with van der Waals surface area (Å²) in [7, 11) is -2.53. The third-order valence-corrected chi connectivity index (χ3v) is 12.8. The number of hydrogen-bond donors (Lipinski definition) is 4. The van der Waals surface area contributed by atoms with E-state index >= 15 is 0 Å². The van der Waals surface area contributed by atoms with Gasteiger partial charge in [0.25, 0.3) is 5.91 Å². The number of allylic oxidation sites excluding steroid dienone is 1. The quantitative estimate of drug-likeness (QED) is 0.307. The Hall–Kier alpha value is -4.47. The van der Waals surface area contributed by atoms with Crippen molar-refractivity contribution in [3.05, 3.63) is 36.4 Å². The van der Waals surface area contributed by atoms with Crippen molar-refractivity contribution in [1.82, 2.24) is 30.5 Å². The van der Waals surface area contributed by atoms with Crippen LogP contribution in [-0.4, -0.2) is 94.6 Å². The number of fused-ring (bicyclic) bond motifs is 3. The maximum absolute atomic E-state index is 14.3. The Morgan fingerprint density at radius 2 is 1.76 bits per heavy atom. The predicted octanol–water partition coefficient (Wildman–Crippen LogP) is 2.51. The molecule has 2 saturated carbocycles. The van der Waals surface area contributed by atoms with Crippen molar-refractivity contribution in [1.29, 1.82) is 0 Å². The molecule has 3 heterocycles. The zero-order valence-corrected chi connectivity index (χ0v) is 29.4. The molecule has 50 heavy (non-hydrogen) atoms. The lowest BCUT2D eigenvalue weighted by atomic mass is 9.88. The molecule has 1 aromatic carbocycles. The molecule has 6 rings (SSSR count). The number of benzene rings is 1. The fraction of sp³-hybridized carbons (Fsp3) is 0.588. The second kappa shape index (κ2) is 13.3. The molecule has 4 aliphatic rings. The van der Waals surface area contributed by atoms with E-state index in [-0.39, 0.29) is 31.2 Å². The van der Waals surface area contributed by atoms with Gasteiger partial charge in [-0.15, -0.1) is 10.2 Å². The van der Waals surface area contributed by atoms with Gasteiger partial charge in [0.2, 0.25) is 33.6 Å².